The van der Waals surface area contributed by atoms with Crippen molar-refractivity contribution in [2.45, 2.75) is 6.04 Å². The molecule has 0 bridgehead atoms. The Kier molecular flexibility index (Phi) is 4.85. The van der Waals surface area contributed by atoms with Crippen LogP contribution in [0.15, 0.2) is 97.1 Å². The summed E-state index contributed by atoms with van der Waals surface area (Å²) in [5.41, 5.74) is 1.39. The van der Waals surface area contributed by atoms with Crippen molar-refractivity contribution >= 4 is 29.9 Å². The van der Waals surface area contributed by atoms with Crippen molar-refractivity contribution in [1.29, 1.82) is 0 Å². The van der Waals surface area contributed by atoms with E-state index in [1.54, 1.807) is 7.11 Å². The SMILES string of the molecule is COc1ccc([Si](Cc2ccccc2)c2cccc3ccccc23)cc1. The summed E-state index contributed by atoms with van der Waals surface area (Å²) in [6.07, 6.45) is 0. The summed E-state index contributed by atoms with van der Waals surface area (Å²) < 4.78 is 5.35. The molecule has 4 aromatic rings. The van der Waals surface area contributed by atoms with E-state index in [0.717, 1.165) is 11.8 Å². The zero-order valence-corrected chi connectivity index (χ0v) is 15.9. The number of hydrogen-bond donors (Lipinski definition) is 0. The van der Waals surface area contributed by atoms with Gasteiger partial charge in [-0.3, -0.25) is 0 Å². The van der Waals surface area contributed by atoms with E-state index in [2.05, 4.69) is 97.1 Å². The zero-order chi connectivity index (χ0) is 17.8. The molecule has 0 unspecified atom stereocenters. The van der Waals surface area contributed by atoms with E-state index in [1.807, 2.05) is 0 Å². The first-order valence-electron chi connectivity index (χ1n) is 8.87. The molecule has 0 atom stereocenters. The number of hydrogen-bond acceptors (Lipinski definition) is 1. The van der Waals surface area contributed by atoms with E-state index in [1.165, 1.54) is 26.7 Å². The smallest absolute Gasteiger partial charge is 0.126 e. The summed E-state index contributed by atoms with van der Waals surface area (Å²) in [6.45, 7) is 0. The first-order valence-corrected chi connectivity index (χ1v) is 10.6. The van der Waals surface area contributed by atoms with Crippen LogP contribution in [-0.2, 0) is 6.04 Å². The number of rotatable bonds is 5. The molecule has 0 fully saturated rings. The summed E-state index contributed by atoms with van der Waals surface area (Å²) in [6, 6.07) is 35.9. The minimum absolute atomic E-state index is 0.910. The Morgan fingerprint density at radius 1 is 0.692 bits per heavy atom. The lowest BCUT2D eigenvalue weighted by Gasteiger charge is -2.19. The van der Waals surface area contributed by atoms with Gasteiger partial charge in [-0.2, -0.15) is 0 Å². The van der Waals surface area contributed by atoms with Crippen LogP contribution in [0.5, 0.6) is 5.75 Å². The van der Waals surface area contributed by atoms with Crippen LogP contribution in [0, 0.1) is 0 Å². The molecule has 4 aromatic carbocycles. The van der Waals surface area contributed by atoms with E-state index in [9.17, 15) is 0 Å². The standard InChI is InChI=1S/C24H21OSi/c1-25-21-14-16-22(17-15-21)26(18-19-8-3-2-4-9-19)24-13-7-11-20-10-5-6-12-23(20)24/h2-17H,18H2,1H3. The number of fused-ring (bicyclic) bond motifs is 1. The van der Waals surface area contributed by atoms with E-state index in [0.29, 0.717) is 0 Å². The summed E-state index contributed by atoms with van der Waals surface area (Å²) in [7, 11) is 0.761. The fourth-order valence-electron chi connectivity index (χ4n) is 3.43. The number of benzene rings is 4. The maximum absolute atomic E-state index is 5.35. The lowest BCUT2D eigenvalue weighted by Crippen LogP contribution is -2.44. The second-order valence-electron chi connectivity index (χ2n) is 6.40. The van der Waals surface area contributed by atoms with Gasteiger partial charge >= 0.3 is 0 Å². The maximum Gasteiger partial charge on any atom is 0.126 e. The molecule has 1 nitrogen and oxygen atoms in total. The van der Waals surface area contributed by atoms with Gasteiger partial charge in [-0.05, 0) is 34.1 Å². The highest BCUT2D eigenvalue weighted by Crippen LogP contribution is 2.15. The molecule has 0 spiro atoms. The van der Waals surface area contributed by atoms with Gasteiger partial charge in [0.05, 0.1) is 7.11 Å². The molecule has 0 aliphatic heterocycles. The maximum atomic E-state index is 5.35. The second-order valence-corrected chi connectivity index (χ2v) is 8.82. The molecule has 0 N–H and O–H groups in total. The Morgan fingerprint density at radius 2 is 1.38 bits per heavy atom. The largest absolute Gasteiger partial charge is 0.497 e. The zero-order valence-electron chi connectivity index (χ0n) is 14.9. The third kappa shape index (κ3) is 3.42. The first kappa shape index (κ1) is 16.6. The van der Waals surface area contributed by atoms with Gasteiger partial charge in [0.25, 0.3) is 0 Å². The molecule has 0 aromatic heterocycles. The van der Waals surface area contributed by atoms with Crippen LogP contribution < -0.4 is 15.1 Å². The van der Waals surface area contributed by atoms with E-state index in [-0.39, 0.29) is 0 Å². The van der Waals surface area contributed by atoms with Crippen molar-refractivity contribution < 1.29 is 4.74 Å². The first-order chi connectivity index (χ1) is 12.8. The molecule has 4 rings (SSSR count). The minimum Gasteiger partial charge on any atom is -0.497 e. The van der Waals surface area contributed by atoms with Gasteiger partial charge in [0.2, 0.25) is 0 Å². The van der Waals surface area contributed by atoms with Crippen LogP contribution in [0.25, 0.3) is 10.8 Å². The average molecular weight is 354 g/mol. The molecule has 0 saturated heterocycles. The molecule has 0 aliphatic carbocycles. The normalized spacial score (nSPS) is 11.0. The van der Waals surface area contributed by atoms with Gasteiger partial charge in [-0.15, -0.1) is 0 Å². The highest BCUT2D eigenvalue weighted by atomic mass is 28.3. The van der Waals surface area contributed by atoms with Gasteiger partial charge < -0.3 is 4.74 Å². The Morgan fingerprint density at radius 3 is 2.15 bits per heavy atom. The monoisotopic (exact) mass is 353 g/mol. The van der Waals surface area contributed by atoms with Gasteiger partial charge in [0.15, 0.2) is 0 Å². The van der Waals surface area contributed by atoms with E-state index >= 15 is 0 Å². The van der Waals surface area contributed by atoms with Crippen LogP contribution in [0.2, 0.25) is 0 Å². The molecule has 0 saturated carbocycles. The lowest BCUT2D eigenvalue weighted by atomic mass is 10.1. The van der Waals surface area contributed by atoms with Crippen molar-refractivity contribution in [3.8, 4) is 5.75 Å². The third-order valence-corrected chi connectivity index (χ3v) is 7.66. The molecule has 0 heterocycles. The molecule has 26 heavy (non-hydrogen) atoms. The predicted molar refractivity (Wildman–Crippen MR) is 112 cm³/mol. The Bertz CT molecular complexity index is 988. The molecule has 127 valence electrons. The Hall–Kier alpha value is -2.84. The fourth-order valence-corrected chi connectivity index (χ4v) is 6.20. The van der Waals surface area contributed by atoms with Crippen molar-refractivity contribution in [1.82, 2.24) is 0 Å². The summed E-state index contributed by atoms with van der Waals surface area (Å²) in [5.74, 6) is 0.910. The molecule has 0 aliphatic rings. The number of ether oxygens (including phenoxy) is 1. The average Bonchev–Trinajstić information content (AvgIpc) is 2.73. The summed E-state index contributed by atoms with van der Waals surface area (Å²) in [5, 5.41) is 5.57. The van der Waals surface area contributed by atoms with Crippen LogP contribution in [0.3, 0.4) is 0 Å². The Labute approximate surface area is 156 Å². The quantitative estimate of drug-likeness (QED) is 0.488. The van der Waals surface area contributed by atoms with Crippen LogP contribution in [-0.4, -0.2) is 15.9 Å². The highest BCUT2D eigenvalue weighted by Gasteiger charge is 2.20. The Balaban J connectivity index is 1.83. The molecule has 0 amide bonds. The van der Waals surface area contributed by atoms with Crippen LogP contribution >= 0.6 is 0 Å². The topological polar surface area (TPSA) is 9.23 Å². The van der Waals surface area contributed by atoms with Gasteiger partial charge in [-0.1, -0.05) is 95.7 Å². The molecular weight excluding hydrogens is 332 g/mol. The van der Waals surface area contributed by atoms with Crippen molar-refractivity contribution in [3.63, 3.8) is 0 Å². The van der Waals surface area contributed by atoms with Crippen molar-refractivity contribution in [2.75, 3.05) is 7.11 Å². The van der Waals surface area contributed by atoms with E-state index < -0.39 is 8.80 Å². The fraction of sp³-hybridized carbons (Fsp3) is 0.0833. The van der Waals surface area contributed by atoms with Gasteiger partial charge in [0.1, 0.15) is 14.5 Å². The van der Waals surface area contributed by atoms with Crippen molar-refractivity contribution in [3.05, 3.63) is 103 Å². The highest BCUT2D eigenvalue weighted by molar-refractivity contribution is 6.86. The third-order valence-electron chi connectivity index (χ3n) is 4.78. The van der Waals surface area contributed by atoms with Crippen LogP contribution in [0.1, 0.15) is 5.56 Å². The summed E-state index contributed by atoms with van der Waals surface area (Å²) in [4.78, 5) is 0. The van der Waals surface area contributed by atoms with E-state index in [4.69, 9.17) is 4.74 Å². The molecule has 2 heteroatoms. The summed E-state index contributed by atoms with van der Waals surface area (Å²) >= 11 is 0. The second kappa shape index (κ2) is 7.59. The lowest BCUT2D eigenvalue weighted by molar-refractivity contribution is 0.415. The van der Waals surface area contributed by atoms with Crippen molar-refractivity contribution in [2.24, 2.45) is 0 Å². The van der Waals surface area contributed by atoms with Gasteiger partial charge in [-0.25, -0.2) is 0 Å². The van der Waals surface area contributed by atoms with Gasteiger partial charge in [0, 0.05) is 0 Å². The molecule has 1 radical (unpaired) electrons. The molecular formula is C24H21OSi. The number of methoxy groups -OCH3 is 1. The minimum atomic E-state index is -0.957. The van der Waals surface area contributed by atoms with Crippen LogP contribution in [0.4, 0.5) is 0 Å². The predicted octanol–water partition coefficient (Wildman–Crippen LogP) is 4.24.